The van der Waals surface area contributed by atoms with Crippen LogP contribution in [0, 0.1) is 12.7 Å². The largest absolute Gasteiger partial charge is 0.481 e. The van der Waals surface area contributed by atoms with Crippen molar-refractivity contribution in [3.05, 3.63) is 35.1 Å². The van der Waals surface area contributed by atoms with Gasteiger partial charge in [-0.25, -0.2) is 4.39 Å². The summed E-state index contributed by atoms with van der Waals surface area (Å²) in [5.41, 5.74) is 1.69. The number of benzene rings is 1. The highest BCUT2D eigenvalue weighted by Crippen LogP contribution is 2.28. The van der Waals surface area contributed by atoms with E-state index >= 15 is 0 Å². The number of rotatable bonds is 6. The van der Waals surface area contributed by atoms with Gasteiger partial charge in [0.05, 0.1) is 6.42 Å². The second kappa shape index (κ2) is 5.48. The van der Waals surface area contributed by atoms with Gasteiger partial charge in [0.2, 0.25) is 0 Å². The van der Waals surface area contributed by atoms with Crippen molar-refractivity contribution in [2.24, 2.45) is 0 Å². The summed E-state index contributed by atoms with van der Waals surface area (Å²) in [4.78, 5) is 12.8. The zero-order valence-electron chi connectivity index (χ0n) is 10.5. The van der Waals surface area contributed by atoms with E-state index < -0.39 is 5.97 Å². The summed E-state index contributed by atoms with van der Waals surface area (Å²) in [7, 11) is 0. The molecule has 0 saturated heterocycles. The van der Waals surface area contributed by atoms with Gasteiger partial charge >= 0.3 is 5.97 Å². The minimum Gasteiger partial charge on any atom is -0.481 e. The zero-order valence-corrected chi connectivity index (χ0v) is 10.5. The smallest absolute Gasteiger partial charge is 0.304 e. The maximum atomic E-state index is 13.2. The Hall–Kier alpha value is -1.42. The van der Waals surface area contributed by atoms with Crippen molar-refractivity contribution in [1.29, 1.82) is 0 Å². The van der Waals surface area contributed by atoms with Crippen LogP contribution in [-0.4, -0.2) is 28.6 Å². The van der Waals surface area contributed by atoms with Crippen molar-refractivity contribution in [1.82, 2.24) is 4.90 Å². The first-order valence-corrected chi connectivity index (χ1v) is 6.27. The second-order valence-electron chi connectivity index (χ2n) is 4.93. The highest BCUT2D eigenvalue weighted by molar-refractivity contribution is 5.66. The molecule has 1 fully saturated rings. The Morgan fingerprint density at radius 3 is 2.78 bits per heavy atom. The van der Waals surface area contributed by atoms with Crippen molar-refractivity contribution >= 4 is 5.97 Å². The van der Waals surface area contributed by atoms with Crippen LogP contribution in [0.1, 0.15) is 30.4 Å². The van der Waals surface area contributed by atoms with Gasteiger partial charge < -0.3 is 5.11 Å². The quantitative estimate of drug-likeness (QED) is 0.844. The number of halogens is 1. The molecular weight excluding hydrogens is 233 g/mol. The number of carbonyl (C=O) groups is 1. The van der Waals surface area contributed by atoms with Gasteiger partial charge in [0.15, 0.2) is 0 Å². The lowest BCUT2D eigenvalue weighted by Crippen LogP contribution is -2.28. The first-order valence-electron chi connectivity index (χ1n) is 6.27. The Morgan fingerprint density at radius 2 is 2.22 bits per heavy atom. The van der Waals surface area contributed by atoms with Gasteiger partial charge in [0.25, 0.3) is 0 Å². The molecule has 0 heterocycles. The van der Waals surface area contributed by atoms with Crippen LogP contribution in [-0.2, 0) is 11.3 Å². The topological polar surface area (TPSA) is 40.5 Å². The molecule has 1 saturated carbocycles. The first kappa shape index (κ1) is 13.0. The number of carboxylic acids is 1. The van der Waals surface area contributed by atoms with E-state index in [-0.39, 0.29) is 12.2 Å². The Balaban J connectivity index is 1.99. The summed E-state index contributed by atoms with van der Waals surface area (Å²) >= 11 is 0. The summed E-state index contributed by atoms with van der Waals surface area (Å²) < 4.78 is 13.2. The number of hydrogen-bond donors (Lipinski definition) is 1. The van der Waals surface area contributed by atoms with E-state index in [9.17, 15) is 9.18 Å². The predicted octanol–water partition coefficient (Wildman–Crippen LogP) is 2.57. The number of carboxylic acid groups (broad SMARTS) is 1. The van der Waals surface area contributed by atoms with Crippen LogP contribution < -0.4 is 0 Å². The van der Waals surface area contributed by atoms with Crippen molar-refractivity contribution in [3.8, 4) is 0 Å². The Morgan fingerprint density at radius 1 is 1.50 bits per heavy atom. The fourth-order valence-corrected chi connectivity index (χ4v) is 2.11. The average molecular weight is 251 g/mol. The molecule has 0 aliphatic heterocycles. The Labute approximate surface area is 106 Å². The lowest BCUT2D eigenvalue weighted by molar-refractivity contribution is -0.137. The molecule has 3 nitrogen and oxygen atoms in total. The van der Waals surface area contributed by atoms with Crippen LogP contribution in [0.3, 0.4) is 0 Å². The standard InChI is InChI=1S/C14H18FNO2/c1-10-8-11(2-5-13(10)15)9-16(12-3-4-12)7-6-14(17)18/h2,5,8,12H,3-4,6-7,9H2,1H3,(H,17,18). The Kier molecular flexibility index (Phi) is 3.97. The monoisotopic (exact) mass is 251 g/mol. The summed E-state index contributed by atoms with van der Waals surface area (Å²) in [6.45, 7) is 3.02. The molecule has 0 unspecified atom stereocenters. The van der Waals surface area contributed by atoms with E-state index in [2.05, 4.69) is 4.90 Å². The molecule has 1 N–H and O–H groups in total. The molecule has 0 spiro atoms. The fourth-order valence-electron chi connectivity index (χ4n) is 2.11. The van der Waals surface area contributed by atoms with Crippen molar-refractivity contribution in [2.45, 2.75) is 38.8 Å². The van der Waals surface area contributed by atoms with E-state index in [4.69, 9.17) is 5.11 Å². The van der Waals surface area contributed by atoms with Gasteiger partial charge in [-0.15, -0.1) is 0 Å². The molecule has 0 atom stereocenters. The van der Waals surface area contributed by atoms with Crippen molar-refractivity contribution in [2.75, 3.05) is 6.54 Å². The van der Waals surface area contributed by atoms with E-state index in [1.165, 1.54) is 6.07 Å². The normalized spacial score (nSPS) is 15.1. The minimum absolute atomic E-state index is 0.163. The maximum Gasteiger partial charge on any atom is 0.304 e. The van der Waals surface area contributed by atoms with Crippen LogP contribution in [0.2, 0.25) is 0 Å². The lowest BCUT2D eigenvalue weighted by atomic mass is 10.1. The molecule has 1 aromatic carbocycles. The highest BCUT2D eigenvalue weighted by Gasteiger charge is 2.29. The number of nitrogens with zero attached hydrogens (tertiary/aromatic N) is 1. The molecule has 1 aromatic rings. The maximum absolute atomic E-state index is 13.2. The molecule has 2 rings (SSSR count). The lowest BCUT2D eigenvalue weighted by Gasteiger charge is -2.21. The molecule has 98 valence electrons. The SMILES string of the molecule is Cc1cc(CN(CCC(=O)O)C2CC2)ccc1F. The van der Waals surface area contributed by atoms with E-state index in [1.54, 1.807) is 13.0 Å². The van der Waals surface area contributed by atoms with Gasteiger partial charge in [-0.3, -0.25) is 9.69 Å². The third kappa shape index (κ3) is 3.53. The third-order valence-corrected chi connectivity index (χ3v) is 3.28. The summed E-state index contributed by atoms with van der Waals surface area (Å²) in [6, 6.07) is 5.60. The van der Waals surface area contributed by atoms with Crippen LogP contribution in [0.15, 0.2) is 18.2 Å². The molecule has 1 aliphatic rings. The van der Waals surface area contributed by atoms with Gasteiger partial charge in [0, 0.05) is 19.1 Å². The molecule has 18 heavy (non-hydrogen) atoms. The zero-order chi connectivity index (χ0) is 13.1. The van der Waals surface area contributed by atoms with E-state index in [0.29, 0.717) is 24.7 Å². The molecule has 0 bridgehead atoms. The first-order chi connectivity index (χ1) is 8.56. The molecule has 0 radical (unpaired) electrons. The highest BCUT2D eigenvalue weighted by atomic mass is 19.1. The van der Waals surface area contributed by atoms with Crippen molar-refractivity contribution < 1.29 is 14.3 Å². The van der Waals surface area contributed by atoms with Gasteiger partial charge in [-0.2, -0.15) is 0 Å². The van der Waals surface area contributed by atoms with E-state index in [1.807, 2.05) is 6.07 Å². The van der Waals surface area contributed by atoms with Gasteiger partial charge in [0.1, 0.15) is 5.82 Å². The predicted molar refractivity (Wildman–Crippen MR) is 66.8 cm³/mol. The Bertz CT molecular complexity index is 443. The molecular formula is C14H18FNO2. The molecule has 0 amide bonds. The number of aryl methyl sites for hydroxylation is 1. The molecule has 1 aliphatic carbocycles. The van der Waals surface area contributed by atoms with Crippen LogP contribution in [0.4, 0.5) is 4.39 Å². The van der Waals surface area contributed by atoms with Crippen LogP contribution >= 0.6 is 0 Å². The summed E-state index contributed by atoms with van der Waals surface area (Å²) in [5, 5.41) is 8.73. The fraction of sp³-hybridized carbons (Fsp3) is 0.500. The average Bonchev–Trinajstić information content (AvgIpc) is 3.13. The van der Waals surface area contributed by atoms with E-state index in [0.717, 1.165) is 18.4 Å². The number of hydrogen-bond acceptors (Lipinski definition) is 2. The van der Waals surface area contributed by atoms with Gasteiger partial charge in [-0.1, -0.05) is 12.1 Å². The van der Waals surface area contributed by atoms with Crippen molar-refractivity contribution in [3.63, 3.8) is 0 Å². The van der Waals surface area contributed by atoms with Gasteiger partial charge in [-0.05, 0) is 37.0 Å². The number of aliphatic carboxylic acids is 1. The minimum atomic E-state index is -0.768. The summed E-state index contributed by atoms with van der Waals surface area (Å²) in [5.74, 6) is -0.960. The molecule has 0 aromatic heterocycles. The van der Waals surface area contributed by atoms with Crippen LogP contribution in [0.25, 0.3) is 0 Å². The third-order valence-electron chi connectivity index (χ3n) is 3.28. The summed E-state index contributed by atoms with van der Waals surface area (Å²) in [6.07, 6.45) is 2.44. The molecule has 4 heteroatoms. The second-order valence-corrected chi connectivity index (χ2v) is 4.93. The van der Waals surface area contributed by atoms with Crippen LogP contribution in [0.5, 0.6) is 0 Å².